The Morgan fingerprint density at radius 1 is 1.36 bits per heavy atom. The molecular formula is C17H21N3O2. The number of ether oxygens (including phenoxy) is 1. The molecule has 1 amide bonds. The molecule has 1 atom stereocenters. The fourth-order valence-electron chi connectivity index (χ4n) is 1.83. The first-order valence-corrected chi connectivity index (χ1v) is 7.29. The topological polar surface area (TPSA) is 77.2 Å². The summed E-state index contributed by atoms with van der Waals surface area (Å²) < 4.78 is 5.69. The van der Waals surface area contributed by atoms with E-state index in [9.17, 15) is 4.79 Å². The number of benzene rings is 1. The van der Waals surface area contributed by atoms with Crippen LogP contribution < -0.4 is 15.8 Å². The minimum atomic E-state index is -0.118. The van der Waals surface area contributed by atoms with Gasteiger partial charge in [-0.05, 0) is 36.7 Å². The Kier molecular flexibility index (Phi) is 5.91. The molecule has 5 heteroatoms. The van der Waals surface area contributed by atoms with E-state index in [-0.39, 0.29) is 11.8 Å². The number of carbonyl (C=O) groups excluding carboxylic acids is 1. The van der Waals surface area contributed by atoms with Crippen LogP contribution in [0.3, 0.4) is 0 Å². The van der Waals surface area contributed by atoms with Crippen molar-refractivity contribution in [3.05, 3.63) is 59.9 Å². The van der Waals surface area contributed by atoms with Crippen molar-refractivity contribution < 1.29 is 9.53 Å². The predicted molar refractivity (Wildman–Crippen MR) is 85.6 cm³/mol. The third-order valence-corrected chi connectivity index (χ3v) is 3.24. The van der Waals surface area contributed by atoms with E-state index in [1.165, 1.54) is 0 Å². The van der Waals surface area contributed by atoms with Crippen molar-refractivity contribution in [2.75, 3.05) is 13.1 Å². The number of amides is 1. The lowest BCUT2D eigenvalue weighted by Crippen LogP contribution is -2.31. The Morgan fingerprint density at radius 3 is 2.95 bits per heavy atom. The van der Waals surface area contributed by atoms with Gasteiger partial charge in [0.1, 0.15) is 12.4 Å². The Labute approximate surface area is 130 Å². The molecule has 0 spiro atoms. The molecule has 1 aromatic heterocycles. The second kappa shape index (κ2) is 8.14. The maximum absolute atomic E-state index is 12.1. The predicted octanol–water partition coefficient (Wildman–Crippen LogP) is 1.99. The number of carbonyl (C=O) groups is 1. The van der Waals surface area contributed by atoms with E-state index in [4.69, 9.17) is 10.5 Å². The Hall–Kier alpha value is -2.40. The minimum Gasteiger partial charge on any atom is -0.489 e. The van der Waals surface area contributed by atoms with Crippen molar-refractivity contribution in [3.8, 4) is 5.75 Å². The summed E-state index contributed by atoms with van der Waals surface area (Å²) in [7, 11) is 0. The molecule has 22 heavy (non-hydrogen) atoms. The van der Waals surface area contributed by atoms with Gasteiger partial charge >= 0.3 is 0 Å². The lowest BCUT2D eigenvalue weighted by atomic mass is 10.1. The molecule has 2 aromatic rings. The third-order valence-electron chi connectivity index (χ3n) is 3.24. The van der Waals surface area contributed by atoms with E-state index in [0.29, 0.717) is 31.0 Å². The second-order valence-corrected chi connectivity index (χ2v) is 5.23. The summed E-state index contributed by atoms with van der Waals surface area (Å²) in [6.45, 7) is 3.53. The first-order chi connectivity index (χ1) is 10.7. The van der Waals surface area contributed by atoms with Crippen LogP contribution in [0.5, 0.6) is 5.75 Å². The molecule has 2 rings (SSSR count). The van der Waals surface area contributed by atoms with Crippen molar-refractivity contribution >= 4 is 5.91 Å². The summed E-state index contributed by atoms with van der Waals surface area (Å²) in [6, 6.07) is 10.9. The number of rotatable bonds is 7. The van der Waals surface area contributed by atoms with Gasteiger partial charge in [-0.3, -0.25) is 9.78 Å². The molecule has 0 aliphatic heterocycles. The smallest absolute Gasteiger partial charge is 0.251 e. The number of pyridine rings is 1. The lowest BCUT2D eigenvalue weighted by Gasteiger charge is -2.11. The van der Waals surface area contributed by atoms with E-state index in [1.807, 2.05) is 25.1 Å². The molecule has 3 N–H and O–H groups in total. The van der Waals surface area contributed by atoms with Crippen LogP contribution in [0.15, 0.2) is 48.8 Å². The normalized spacial score (nSPS) is 11.7. The number of nitrogens with one attached hydrogen (secondary N) is 1. The van der Waals surface area contributed by atoms with Crippen molar-refractivity contribution in [2.45, 2.75) is 13.5 Å². The summed E-state index contributed by atoms with van der Waals surface area (Å²) in [5.41, 5.74) is 7.10. The molecular weight excluding hydrogens is 278 g/mol. The molecule has 1 unspecified atom stereocenters. The van der Waals surface area contributed by atoms with Gasteiger partial charge in [-0.1, -0.05) is 19.1 Å². The largest absolute Gasteiger partial charge is 0.489 e. The summed E-state index contributed by atoms with van der Waals surface area (Å²) in [4.78, 5) is 16.1. The number of nitrogens with zero attached hydrogens (tertiary/aromatic N) is 1. The van der Waals surface area contributed by atoms with Gasteiger partial charge < -0.3 is 15.8 Å². The highest BCUT2D eigenvalue weighted by molar-refractivity contribution is 5.94. The van der Waals surface area contributed by atoms with Crippen LogP contribution in [-0.2, 0) is 6.61 Å². The molecule has 0 aliphatic carbocycles. The molecule has 0 aliphatic rings. The van der Waals surface area contributed by atoms with Crippen LogP contribution in [0, 0.1) is 5.92 Å². The van der Waals surface area contributed by atoms with E-state index >= 15 is 0 Å². The number of hydrogen-bond donors (Lipinski definition) is 2. The lowest BCUT2D eigenvalue weighted by molar-refractivity contribution is 0.0948. The van der Waals surface area contributed by atoms with Gasteiger partial charge in [-0.15, -0.1) is 0 Å². The zero-order chi connectivity index (χ0) is 15.8. The fourth-order valence-corrected chi connectivity index (χ4v) is 1.83. The maximum Gasteiger partial charge on any atom is 0.251 e. The molecule has 0 saturated carbocycles. The zero-order valence-electron chi connectivity index (χ0n) is 12.7. The Balaban J connectivity index is 1.93. The molecule has 0 bridgehead atoms. The van der Waals surface area contributed by atoms with Gasteiger partial charge in [-0.25, -0.2) is 0 Å². The highest BCUT2D eigenvalue weighted by Crippen LogP contribution is 2.15. The number of nitrogens with two attached hydrogens (primary N) is 1. The van der Waals surface area contributed by atoms with Gasteiger partial charge in [0.25, 0.3) is 5.91 Å². The fraction of sp³-hybridized carbons (Fsp3) is 0.294. The first kappa shape index (κ1) is 16.0. The van der Waals surface area contributed by atoms with E-state index < -0.39 is 0 Å². The first-order valence-electron chi connectivity index (χ1n) is 7.29. The van der Waals surface area contributed by atoms with Crippen molar-refractivity contribution in [2.24, 2.45) is 11.7 Å². The summed E-state index contributed by atoms with van der Waals surface area (Å²) in [6.07, 6.45) is 3.47. The van der Waals surface area contributed by atoms with Crippen molar-refractivity contribution in [3.63, 3.8) is 0 Å². The van der Waals surface area contributed by atoms with Gasteiger partial charge in [0.15, 0.2) is 0 Å². The van der Waals surface area contributed by atoms with Crippen LogP contribution in [0.4, 0.5) is 0 Å². The summed E-state index contributed by atoms with van der Waals surface area (Å²) in [5, 5.41) is 2.87. The van der Waals surface area contributed by atoms with E-state index in [1.54, 1.807) is 30.6 Å². The van der Waals surface area contributed by atoms with Crippen LogP contribution in [0.2, 0.25) is 0 Å². The maximum atomic E-state index is 12.1. The summed E-state index contributed by atoms with van der Waals surface area (Å²) in [5.74, 6) is 0.796. The molecule has 1 heterocycles. The Bertz CT molecular complexity index is 602. The zero-order valence-corrected chi connectivity index (χ0v) is 12.7. The van der Waals surface area contributed by atoms with Crippen molar-refractivity contribution in [1.29, 1.82) is 0 Å². The molecule has 5 nitrogen and oxygen atoms in total. The molecule has 0 radical (unpaired) electrons. The minimum absolute atomic E-state index is 0.118. The highest BCUT2D eigenvalue weighted by Gasteiger charge is 2.08. The van der Waals surface area contributed by atoms with Gasteiger partial charge in [0.2, 0.25) is 0 Å². The van der Waals surface area contributed by atoms with E-state index in [0.717, 1.165) is 5.56 Å². The van der Waals surface area contributed by atoms with E-state index in [2.05, 4.69) is 10.3 Å². The average Bonchev–Trinajstić information content (AvgIpc) is 2.58. The SMILES string of the molecule is CC(CN)CNC(=O)c1cccc(OCc2cccnc2)c1. The highest BCUT2D eigenvalue weighted by atomic mass is 16.5. The van der Waals surface area contributed by atoms with Crippen LogP contribution in [0.1, 0.15) is 22.8 Å². The standard InChI is InChI=1S/C17H21N3O2/c1-13(9-18)10-20-17(21)15-5-2-6-16(8-15)22-12-14-4-3-7-19-11-14/h2-8,11,13H,9-10,12,18H2,1H3,(H,20,21). The Morgan fingerprint density at radius 2 is 2.23 bits per heavy atom. The molecule has 0 saturated heterocycles. The van der Waals surface area contributed by atoms with Crippen LogP contribution >= 0.6 is 0 Å². The van der Waals surface area contributed by atoms with Crippen LogP contribution in [-0.4, -0.2) is 24.0 Å². The molecule has 116 valence electrons. The monoisotopic (exact) mass is 299 g/mol. The third kappa shape index (κ3) is 4.86. The molecule has 1 aromatic carbocycles. The summed E-state index contributed by atoms with van der Waals surface area (Å²) >= 11 is 0. The van der Waals surface area contributed by atoms with Gasteiger partial charge in [0, 0.05) is 30.1 Å². The molecule has 0 fully saturated rings. The quantitative estimate of drug-likeness (QED) is 0.819. The van der Waals surface area contributed by atoms with Crippen LogP contribution in [0.25, 0.3) is 0 Å². The second-order valence-electron chi connectivity index (χ2n) is 5.23. The van der Waals surface area contributed by atoms with Gasteiger partial charge in [0.05, 0.1) is 0 Å². The number of aromatic nitrogens is 1. The number of hydrogen-bond acceptors (Lipinski definition) is 4. The van der Waals surface area contributed by atoms with Crippen molar-refractivity contribution in [1.82, 2.24) is 10.3 Å². The van der Waals surface area contributed by atoms with Gasteiger partial charge in [-0.2, -0.15) is 0 Å². The average molecular weight is 299 g/mol.